The van der Waals surface area contributed by atoms with Crippen LogP contribution in [0.25, 0.3) is 33.1 Å². The molecule has 0 aliphatic carbocycles. The number of benzene rings is 4. The van der Waals surface area contributed by atoms with Crippen molar-refractivity contribution in [2.45, 2.75) is 12.8 Å². The second kappa shape index (κ2) is 13.2. The molecule has 4 aromatic carbocycles. The van der Waals surface area contributed by atoms with Crippen molar-refractivity contribution in [3.8, 4) is 11.3 Å². The molecule has 1 aliphatic heterocycles. The quantitative estimate of drug-likeness (QED) is 0.144. The highest BCUT2D eigenvalue weighted by atomic mass is 79.9. The number of piperazine rings is 1. The van der Waals surface area contributed by atoms with Crippen molar-refractivity contribution in [3.63, 3.8) is 0 Å². The van der Waals surface area contributed by atoms with Crippen LogP contribution >= 0.6 is 31.9 Å². The molecule has 8 rings (SSSR count). The van der Waals surface area contributed by atoms with Gasteiger partial charge >= 0.3 is 0 Å². The molecule has 4 heterocycles. The van der Waals surface area contributed by atoms with Gasteiger partial charge in [-0.25, -0.2) is 4.98 Å². The number of anilines is 3. The number of fused-ring (bicyclic) bond motifs is 2. The molecule has 240 valence electrons. The van der Waals surface area contributed by atoms with Crippen molar-refractivity contribution in [1.29, 1.82) is 0 Å². The highest BCUT2D eigenvalue weighted by Gasteiger charge is 2.24. The number of halogens is 2. The van der Waals surface area contributed by atoms with Gasteiger partial charge in [0.15, 0.2) is 0 Å². The third kappa shape index (κ3) is 6.14. The van der Waals surface area contributed by atoms with Crippen LogP contribution in [0.5, 0.6) is 0 Å². The standard InChI is InChI=1S/C39H35Br2N7/c1-2-47-16-18-48(19-17-47)37-22-36(25-6-4-3-5-7-25)45-39(46-37)44-29-12-8-26(9-13-29)38(32-23-42-34-14-10-27(40)20-30(32)34)33-24-43-35-15-11-28(41)21-31(33)35/h3-15,20-24,38,42-43H,2,16-19H2,1H3,(H,44,45,46). The van der Waals surface area contributed by atoms with Crippen molar-refractivity contribution in [3.05, 3.63) is 135 Å². The molecule has 0 radical (unpaired) electrons. The number of rotatable bonds is 8. The summed E-state index contributed by atoms with van der Waals surface area (Å²) < 4.78 is 2.11. The molecule has 0 unspecified atom stereocenters. The summed E-state index contributed by atoms with van der Waals surface area (Å²) in [4.78, 5) is 21.9. The summed E-state index contributed by atoms with van der Waals surface area (Å²) >= 11 is 7.40. The van der Waals surface area contributed by atoms with E-state index < -0.39 is 0 Å². The van der Waals surface area contributed by atoms with Gasteiger partial charge in [-0.15, -0.1) is 0 Å². The lowest BCUT2D eigenvalue weighted by Gasteiger charge is -2.35. The van der Waals surface area contributed by atoms with Crippen LogP contribution in [0.1, 0.15) is 29.5 Å². The lowest BCUT2D eigenvalue weighted by molar-refractivity contribution is 0.270. The van der Waals surface area contributed by atoms with E-state index >= 15 is 0 Å². The molecule has 48 heavy (non-hydrogen) atoms. The highest BCUT2D eigenvalue weighted by Crippen LogP contribution is 2.41. The predicted octanol–water partition coefficient (Wildman–Crippen LogP) is 9.70. The number of aromatic amines is 2. The smallest absolute Gasteiger partial charge is 0.229 e. The zero-order valence-corrected chi connectivity index (χ0v) is 29.7. The minimum atomic E-state index is -0.00352. The van der Waals surface area contributed by atoms with Crippen molar-refractivity contribution in [1.82, 2.24) is 24.8 Å². The molecule has 7 aromatic rings. The summed E-state index contributed by atoms with van der Waals surface area (Å²) in [6, 6.07) is 34.0. The monoisotopic (exact) mass is 759 g/mol. The number of hydrogen-bond acceptors (Lipinski definition) is 5. The lowest BCUT2D eigenvalue weighted by Crippen LogP contribution is -2.46. The normalized spacial score (nSPS) is 14.0. The van der Waals surface area contributed by atoms with E-state index in [0.29, 0.717) is 5.95 Å². The van der Waals surface area contributed by atoms with Crippen LogP contribution in [0.4, 0.5) is 17.5 Å². The average Bonchev–Trinajstić information content (AvgIpc) is 3.73. The van der Waals surface area contributed by atoms with Crippen LogP contribution in [-0.2, 0) is 0 Å². The Morgan fingerprint density at radius 1 is 0.729 bits per heavy atom. The first-order valence-electron chi connectivity index (χ1n) is 16.3. The Kier molecular flexibility index (Phi) is 8.50. The van der Waals surface area contributed by atoms with Crippen LogP contribution < -0.4 is 10.2 Å². The van der Waals surface area contributed by atoms with Crippen LogP contribution in [0, 0.1) is 0 Å². The second-order valence-corrected chi connectivity index (χ2v) is 14.1. The Balaban J connectivity index is 1.16. The Hall–Kier alpha value is -4.44. The SMILES string of the molecule is CCN1CCN(c2cc(-c3ccccc3)nc(Nc3ccc(C(c4c[nH]c5ccc(Br)cc45)c4c[nH]c5ccc(Br)cc45)cc3)n2)CC1. The van der Waals surface area contributed by atoms with E-state index in [0.717, 1.165) is 75.5 Å². The van der Waals surface area contributed by atoms with E-state index in [1.807, 2.05) is 6.07 Å². The summed E-state index contributed by atoms with van der Waals surface area (Å²) in [5.41, 5.74) is 8.78. The molecular formula is C39H35Br2N7. The van der Waals surface area contributed by atoms with E-state index in [1.54, 1.807) is 0 Å². The van der Waals surface area contributed by atoms with Gasteiger partial charge in [0.1, 0.15) is 5.82 Å². The number of nitrogens with zero attached hydrogens (tertiary/aromatic N) is 4. The molecule has 0 amide bonds. The number of hydrogen-bond donors (Lipinski definition) is 3. The maximum absolute atomic E-state index is 5.02. The van der Waals surface area contributed by atoms with Crippen molar-refractivity contribution in [2.24, 2.45) is 0 Å². The number of likely N-dealkylation sites (N-methyl/N-ethyl adjacent to an activating group) is 1. The Morgan fingerprint density at radius 3 is 1.96 bits per heavy atom. The third-order valence-corrected chi connectivity index (χ3v) is 10.4. The molecule has 1 saturated heterocycles. The molecule has 0 bridgehead atoms. The Labute approximate surface area is 296 Å². The molecule has 9 heteroatoms. The third-order valence-electron chi connectivity index (χ3n) is 9.40. The second-order valence-electron chi connectivity index (χ2n) is 12.3. The van der Waals surface area contributed by atoms with E-state index in [9.17, 15) is 0 Å². The maximum atomic E-state index is 5.02. The first kappa shape index (κ1) is 30.9. The first-order chi connectivity index (χ1) is 23.5. The topological polar surface area (TPSA) is 75.9 Å². The number of nitrogens with one attached hydrogen (secondary N) is 3. The fourth-order valence-electron chi connectivity index (χ4n) is 6.82. The fraction of sp³-hybridized carbons (Fsp3) is 0.179. The lowest BCUT2D eigenvalue weighted by atomic mass is 9.84. The molecule has 0 atom stereocenters. The average molecular weight is 762 g/mol. The molecule has 3 N–H and O–H groups in total. The number of H-pyrrole nitrogens is 2. The predicted molar refractivity (Wildman–Crippen MR) is 204 cm³/mol. The zero-order valence-electron chi connectivity index (χ0n) is 26.5. The van der Waals surface area contributed by atoms with Gasteiger partial charge in [-0.2, -0.15) is 4.98 Å². The van der Waals surface area contributed by atoms with Gasteiger partial charge in [0.2, 0.25) is 5.95 Å². The summed E-state index contributed by atoms with van der Waals surface area (Å²) in [5, 5.41) is 5.93. The highest BCUT2D eigenvalue weighted by molar-refractivity contribution is 9.10. The van der Waals surface area contributed by atoms with Gasteiger partial charge in [-0.3, -0.25) is 0 Å². The minimum absolute atomic E-state index is 0.00352. The van der Waals surface area contributed by atoms with Crippen LogP contribution in [0.3, 0.4) is 0 Å². The van der Waals surface area contributed by atoms with Gasteiger partial charge in [0.25, 0.3) is 0 Å². The van der Waals surface area contributed by atoms with Gasteiger partial charge in [-0.05, 0) is 71.8 Å². The van der Waals surface area contributed by atoms with Crippen molar-refractivity contribution in [2.75, 3.05) is 42.9 Å². The zero-order chi connectivity index (χ0) is 32.6. The molecule has 7 nitrogen and oxygen atoms in total. The minimum Gasteiger partial charge on any atom is -0.361 e. The van der Waals surface area contributed by atoms with Gasteiger partial charge < -0.3 is 25.1 Å². The van der Waals surface area contributed by atoms with E-state index in [2.05, 4.69) is 167 Å². The first-order valence-corrected chi connectivity index (χ1v) is 17.9. The maximum Gasteiger partial charge on any atom is 0.229 e. The molecule has 0 spiro atoms. The summed E-state index contributed by atoms with van der Waals surface area (Å²) in [6.07, 6.45) is 4.30. The summed E-state index contributed by atoms with van der Waals surface area (Å²) in [5.74, 6) is 1.54. The molecule has 1 fully saturated rings. The molecular weight excluding hydrogens is 726 g/mol. The van der Waals surface area contributed by atoms with Crippen LogP contribution in [0.2, 0.25) is 0 Å². The van der Waals surface area contributed by atoms with E-state index in [4.69, 9.17) is 9.97 Å². The number of aromatic nitrogens is 4. The Morgan fingerprint density at radius 2 is 1.35 bits per heavy atom. The fourth-order valence-corrected chi connectivity index (χ4v) is 7.55. The van der Waals surface area contributed by atoms with Crippen LogP contribution in [0.15, 0.2) is 118 Å². The van der Waals surface area contributed by atoms with Crippen molar-refractivity contribution >= 4 is 71.1 Å². The Bertz CT molecular complexity index is 2120. The van der Waals surface area contributed by atoms with Gasteiger partial charge in [-0.1, -0.05) is 81.2 Å². The van der Waals surface area contributed by atoms with Gasteiger partial charge in [0.05, 0.1) is 5.69 Å². The van der Waals surface area contributed by atoms with E-state index in [-0.39, 0.29) is 5.92 Å². The van der Waals surface area contributed by atoms with Crippen molar-refractivity contribution < 1.29 is 0 Å². The largest absolute Gasteiger partial charge is 0.361 e. The summed E-state index contributed by atoms with van der Waals surface area (Å²) in [7, 11) is 0. The van der Waals surface area contributed by atoms with Crippen LogP contribution in [-0.4, -0.2) is 57.6 Å². The molecule has 1 aliphatic rings. The summed E-state index contributed by atoms with van der Waals surface area (Å²) in [6.45, 7) is 7.27. The molecule has 0 saturated carbocycles. The van der Waals surface area contributed by atoms with Gasteiger partial charge in [0, 0.05) is 92.6 Å². The molecule has 3 aromatic heterocycles. The van der Waals surface area contributed by atoms with E-state index in [1.165, 1.54) is 27.5 Å².